The molecule has 7 heteroatoms. The molecule has 0 aliphatic rings. The van der Waals surface area contributed by atoms with E-state index < -0.39 is 12.1 Å². The molecule has 0 aliphatic heterocycles. The first kappa shape index (κ1) is 17.1. The summed E-state index contributed by atoms with van der Waals surface area (Å²) in [4.78, 5) is 23.3. The standard InChI is InChI=1S/C14H18ClNO5/c1-5-20-12-10(13(17)19-4)6-9(7-11(12)15)16-14(18)21-8(2)3/h6-8H,5H2,1-4H3,(H,16,18). The fraction of sp³-hybridized carbons (Fsp3) is 0.429. The third-order valence-corrected chi connectivity index (χ3v) is 2.61. The van der Waals surface area contributed by atoms with Gasteiger partial charge in [0.15, 0.2) is 5.75 Å². The van der Waals surface area contributed by atoms with Gasteiger partial charge in [0.1, 0.15) is 5.56 Å². The van der Waals surface area contributed by atoms with Gasteiger partial charge < -0.3 is 14.2 Å². The van der Waals surface area contributed by atoms with Crippen LogP contribution >= 0.6 is 11.6 Å². The highest BCUT2D eigenvalue weighted by atomic mass is 35.5. The van der Waals surface area contributed by atoms with Crippen LogP contribution in [0.1, 0.15) is 31.1 Å². The predicted molar refractivity (Wildman–Crippen MR) is 79.2 cm³/mol. The van der Waals surface area contributed by atoms with Gasteiger partial charge in [0.05, 0.1) is 24.8 Å². The minimum atomic E-state index is -0.638. The van der Waals surface area contributed by atoms with Gasteiger partial charge in [0.25, 0.3) is 0 Å². The number of ether oxygens (including phenoxy) is 3. The fourth-order valence-corrected chi connectivity index (χ4v) is 1.85. The van der Waals surface area contributed by atoms with Gasteiger partial charge >= 0.3 is 12.1 Å². The van der Waals surface area contributed by atoms with Crippen molar-refractivity contribution in [3.05, 3.63) is 22.7 Å². The zero-order valence-corrected chi connectivity index (χ0v) is 13.1. The molecule has 21 heavy (non-hydrogen) atoms. The van der Waals surface area contributed by atoms with E-state index in [9.17, 15) is 9.59 Å². The minimum Gasteiger partial charge on any atom is -0.491 e. The Bertz CT molecular complexity index is 530. The van der Waals surface area contributed by atoms with Gasteiger partial charge in [0.2, 0.25) is 0 Å². The molecule has 0 unspecified atom stereocenters. The number of methoxy groups -OCH3 is 1. The average molecular weight is 316 g/mol. The van der Waals surface area contributed by atoms with Gasteiger partial charge in [-0.15, -0.1) is 0 Å². The number of nitrogens with one attached hydrogen (secondary N) is 1. The van der Waals surface area contributed by atoms with Crippen molar-refractivity contribution < 1.29 is 23.8 Å². The normalized spacial score (nSPS) is 10.2. The van der Waals surface area contributed by atoms with Crippen LogP contribution in [0, 0.1) is 0 Å². The zero-order chi connectivity index (χ0) is 16.0. The number of amides is 1. The topological polar surface area (TPSA) is 73.9 Å². The Hall–Kier alpha value is -1.95. The molecule has 1 aromatic carbocycles. The lowest BCUT2D eigenvalue weighted by Crippen LogP contribution is -2.18. The molecular weight excluding hydrogens is 298 g/mol. The number of rotatable bonds is 5. The second-order valence-corrected chi connectivity index (χ2v) is 4.75. The van der Waals surface area contributed by atoms with E-state index in [1.54, 1.807) is 20.8 Å². The van der Waals surface area contributed by atoms with Crippen LogP contribution in [-0.2, 0) is 9.47 Å². The maximum atomic E-state index is 11.8. The van der Waals surface area contributed by atoms with Crippen molar-refractivity contribution in [1.82, 2.24) is 0 Å². The SMILES string of the molecule is CCOc1c(Cl)cc(NC(=O)OC(C)C)cc1C(=O)OC. The molecule has 0 aliphatic carbocycles. The van der Waals surface area contributed by atoms with E-state index in [2.05, 4.69) is 10.1 Å². The summed E-state index contributed by atoms with van der Waals surface area (Å²) in [6.45, 7) is 5.56. The van der Waals surface area contributed by atoms with Crippen molar-refractivity contribution in [2.45, 2.75) is 26.9 Å². The van der Waals surface area contributed by atoms with Crippen molar-refractivity contribution >= 4 is 29.4 Å². The molecule has 0 bridgehead atoms. The summed E-state index contributed by atoms with van der Waals surface area (Å²) in [5.74, 6) is -0.393. The van der Waals surface area contributed by atoms with Crippen molar-refractivity contribution in [3.63, 3.8) is 0 Å². The van der Waals surface area contributed by atoms with Gasteiger partial charge in [-0.3, -0.25) is 5.32 Å². The third kappa shape index (κ3) is 4.82. The van der Waals surface area contributed by atoms with Crippen LogP contribution in [0.25, 0.3) is 0 Å². The molecule has 0 radical (unpaired) electrons. The summed E-state index contributed by atoms with van der Waals surface area (Å²) < 4.78 is 15.0. The molecule has 0 saturated carbocycles. The maximum absolute atomic E-state index is 11.8. The number of benzene rings is 1. The molecule has 0 saturated heterocycles. The molecule has 116 valence electrons. The number of anilines is 1. The molecule has 0 aromatic heterocycles. The quantitative estimate of drug-likeness (QED) is 0.842. The third-order valence-electron chi connectivity index (χ3n) is 2.33. The Morgan fingerprint density at radius 2 is 2.00 bits per heavy atom. The molecule has 0 heterocycles. The molecule has 6 nitrogen and oxygen atoms in total. The Morgan fingerprint density at radius 1 is 1.33 bits per heavy atom. The van der Waals surface area contributed by atoms with Crippen LogP contribution in [0.4, 0.5) is 10.5 Å². The van der Waals surface area contributed by atoms with Gasteiger partial charge in [-0.1, -0.05) is 11.6 Å². The van der Waals surface area contributed by atoms with E-state index in [0.717, 1.165) is 0 Å². The minimum absolute atomic E-state index is 0.131. The van der Waals surface area contributed by atoms with Crippen molar-refractivity contribution in [3.8, 4) is 5.75 Å². The van der Waals surface area contributed by atoms with Crippen molar-refractivity contribution in [2.24, 2.45) is 0 Å². The van der Waals surface area contributed by atoms with E-state index in [1.165, 1.54) is 19.2 Å². The van der Waals surface area contributed by atoms with Crippen molar-refractivity contribution in [2.75, 3.05) is 19.0 Å². The Kier molecular flexibility index (Phi) is 6.30. The fourth-order valence-electron chi connectivity index (χ4n) is 1.58. The van der Waals surface area contributed by atoms with Crippen LogP contribution in [0.2, 0.25) is 5.02 Å². The predicted octanol–water partition coefficient (Wildman–Crippen LogP) is 3.48. The molecule has 1 aromatic rings. The number of carbonyl (C=O) groups excluding carboxylic acids is 2. The monoisotopic (exact) mass is 315 g/mol. The zero-order valence-electron chi connectivity index (χ0n) is 12.4. The van der Waals surface area contributed by atoms with Crippen LogP contribution in [0.3, 0.4) is 0 Å². The highest BCUT2D eigenvalue weighted by Crippen LogP contribution is 2.33. The Balaban J connectivity index is 3.10. The second-order valence-electron chi connectivity index (χ2n) is 4.34. The number of esters is 1. The van der Waals surface area contributed by atoms with Crippen LogP contribution in [0.15, 0.2) is 12.1 Å². The summed E-state index contributed by atoms with van der Waals surface area (Å²) >= 11 is 6.08. The van der Waals surface area contributed by atoms with E-state index in [4.69, 9.17) is 21.1 Å². The van der Waals surface area contributed by atoms with Gasteiger partial charge in [0, 0.05) is 5.69 Å². The van der Waals surface area contributed by atoms with Gasteiger partial charge in [-0.05, 0) is 32.9 Å². The summed E-state index contributed by atoms with van der Waals surface area (Å²) in [5.41, 5.74) is 0.446. The van der Waals surface area contributed by atoms with Crippen LogP contribution in [0.5, 0.6) is 5.75 Å². The average Bonchev–Trinajstić information content (AvgIpc) is 2.39. The van der Waals surface area contributed by atoms with E-state index in [1.807, 2.05) is 0 Å². The summed E-state index contributed by atoms with van der Waals surface area (Å²) in [5, 5.41) is 2.69. The summed E-state index contributed by atoms with van der Waals surface area (Å²) in [6.07, 6.45) is -0.899. The lowest BCUT2D eigenvalue weighted by molar-refractivity contribution is 0.0596. The first-order valence-corrected chi connectivity index (χ1v) is 6.79. The largest absolute Gasteiger partial charge is 0.491 e. The smallest absolute Gasteiger partial charge is 0.411 e. The molecule has 1 rings (SSSR count). The number of hydrogen-bond acceptors (Lipinski definition) is 5. The first-order valence-electron chi connectivity index (χ1n) is 6.41. The van der Waals surface area contributed by atoms with Gasteiger partial charge in [-0.25, -0.2) is 9.59 Å². The highest BCUT2D eigenvalue weighted by molar-refractivity contribution is 6.33. The van der Waals surface area contributed by atoms with E-state index in [-0.39, 0.29) is 22.4 Å². The van der Waals surface area contributed by atoms with Crippen LogP contribution in [-0.4, -0.2) is 31.9 Å². The Morgan fingerprint density at radius 3 is 2.52 bits per heavy atom. The number of carbonyl (C=O) groups is 2. The van der Waals surface area contributed by atoms with E-state index >= 15 is 0 Å². The maximum Gasteiger partial charge on any atom is 0.411 e. The number of hydrogen-bond donors (Lipinski definition) is 1. The van der Waals surface area contributed by atoms with Gasteiger partial charge in [-0.2, -0.15) is 0 Å². The van der Waals surface area contributed by atoms with Crippen molar-refractivity contribution in [1.29, 1.82) is 0 Å². The molecule has 0 spiro atoms. The first-order chi connectivity index (χ1) is 9.88. The molecule has 0 atom stereocenters. The lowest BCUT2D eigenvalue weighted by Gasteiger charge is -2.14. The number of halogens is 1. The van der Waals surface area contributed by atoms with E-state index in [0.29, 0.717) is 12.3 Å². The summed E-state index contributed by atoms with van der Waals surface area (Å²) in [7, 11) is 1.25. The molecule has 1 amide bonds. The lowest BCUT2D eigenvalue weighted by atomic mass is 10.1. The second kappa shape index (κ2) is 7.73. The molecule has 0 fully saturated rings. The molecule has 1 N–H and O–H groups in total. The molecular formula is C14H18ClNO5. The van der Waals surface area contributed by atoms with Crippen LogP contribution < -0.4 is 10.1 Å². The Labute approximate surface area is 128 Å². The summed E-state index contributed by atoms with van der Waals surface area (Å²) in [6, 6.07) is 2.89. The highest BCUT2D eigenvalue weighted by Gasteiger charge is 2.19.